The van der Waals surface area contributed by atoms with E-state index in [0.717, 1.165) is 16.7 Å². The second-order valence-corrected chi connectivity index (χ2v) is 5.40. The first-order valence-corrected chi connectivity index (χ1v) is 6.90. The summed E-state index contributed by atoms with van der Waals surface area (Å²) in [7, 11) is 0. The van der Waals surface area contributed by atoms with Crippen LogP contribution in [0.1, 0.15) is 41.8 Å². The summed E-state index contributed by atoms with van der Waals surface area (Å²) in [6.07, 6.45) is 0.501. The number of nitrogens with zero attached hydrogens (tertiary/aromatic N) is 1. The van der Waals surface area contributed by atoms with Gasteiger partial charge < -0.3 is 5.11 Å². The van der Waals surface area contributed by atoms with Gasteiger partial charge in [-0.25, -0.2) is 0 Å². The van der Waals surface area contributed by atoms with Crippen LogP contribution < -0.4 is 0 Å². The molecule has 106 valence electrons. The zero-order chi connectivity index (χ0) is 14.4. The van der Waals surface area contributed by atoms with E-state index < -0.39 is 0 Å². The molecule has 0 spiro atoms. The highest BCUT2D eigenvalue weighted by Gasteiger charge is 2.12. The van der Waals surface area contributed by atoms with Gasteiger partial charge in [-0.15, -0.1) is 0 Å². The third-order valence-electron chi connectivity index (χ3n) is 3.29. The maximum Gasteiger partial charge on any atom is 0.164 e. The number of aryl methyl sites for hydroxylation is 2. The number of ketones is 1. The lowest BCUT2D eigenvalue weighted by atomic mass is 10.0. The first-order chi connectivity index (χ1) is 8.93. The Kier molecular flexibility index (Phi) is 6.19. The summed E-state index contributed by atoms with van der Waals surface area (Å²) in [5.41, 5.74) is 3.05. The molecule has 19 heavy (non-hydrogen) atoms. The van der Waals surface area contributed by atoms with Gasteiger partial charge in [0.05, 0.1) is 6.61 Å². The molecule has 0 heterocycles. The Morgan fingerprint density at radius 2 is 1.74 bits per heavy atom. The van der Waals surface area contributed by atoms with E-state index in [-0.39, 0.29) is 12.4 Å². The Bertz CT molecular complexity index is 407. The molecule has 1 aromatic carbocycles. The van der Waals surface area contributed by atoms with E-state index in [2.05, 4.69) is 24.8 Å². The van der Waals surface area contributed by atoms with E-state index in [1.165, 1.54) is 0 Å². The van der Waals surface area contributed by atoms with Crippen molar-refractivity contribution in [3.63, 3.8) is 0 Å². The van der Waals surface area contributed by atoms with E-state index in [4.69, 9.17) is 5.11 Å². The summed E-state index contributed by atoms with van der Waals surface area (Å²) in [5.74, 6) is 0.176. The topological polar surface area (TPSA) is 40.5 Å². The largest absolute Gasteiger partial charge is 0.395 e. The van der Waals surface area contributed by atoms with Gasteiger partial charge in [0.25, 0.3) is 0 Å². The monoisotopic (exact) mass is 263 g/mol. The third-order valence-corrected chi connectivity index (χ3v) is 3.29. The molecule has 0 aliphatic heterocycles. The molecule has 0 aromatic heterocycles. The third kappa shape index (κ3) is 5.13. The number of aliphatic hydroxyl groups is 1. The molecule has 3 nitrogen and oxygen atoms in total. The maximum absolute atomic E-state index is 12.2. The fraction of sp³-hybridized carbons (Fsp3) is 0.562. The van der Waals surface area contributed by atoms with E-state index in [9.17, 15) is 4.79 Å². The van der Waals surface area contributed by atoms with E-state index in [1.54, 1.807) is 0 Å². The van der Waals surface area contributed by atoms with Crippen LogP contribution in [0.15, 0.2) is 18.2 Å². The van der Waals surface area contributed by atoms with Crippen LogP contribution in [0.25, 0.3) is 0 Å². The highest BCUT2D eigenvalue weighted by atomic mass is 16.3. The molecule has 0 radical (unpaired) electrons. The Morgan fingerprint density at radius 3 is 2.21 bits per heavy atom. The maximum atomic E-state index is 12.2. The number of carbonyl (C=O) groups excluding carboxylic acids is 1. The van der Waals surface area contributed by atoms with Crippen molar-refractivity contribution in [1.82, 2.24) is 4.90 Å². The molecule has 0 aliphatic carbocycles. The van der Waals surface area contributed by atoms with E-state index in [1.807, 2.05) is 26.0 Å². The summed E-state index contributed by atoms with van der Waals surface area (Å²) in [6.45, 7) is 9.64. The lowest BCUT2D eigenvalue weighted by molar-refractivity contribution is 0.0943. The Hall–Kier alpha value is -1.19. The van der Waals surface area contributed by atoms with Crippen LogP contribution in [-0.4, -0.2) is 41.5 Å². The van der Waals surface area contributed by atoms with Crippen LogP contribution in [0.3, 0.4) is 0 Å². The van der Waals surface area contributed by atoms with Crippen molar-refractivity contribution in [1.29, 1.82) is 0 Å². The van der Waals surface area contributed by atoms with Gasteiger partial charge in [0.15, 0.2) is 5.78 Å². The minimum absolute atomic E-state index is 0.135. The second kappa shape index (κ2) is 7.41. The zero-order valence-electron chi connectivity index (χ0n) is 12.4. The molecular weight excluding hydrogens is 238 g/mol. The molecule has 0 bridgehead atoms. The number of carbonyl (C=O) groups is 1. The summed E-state index contributed by atoms with van der Waals surface area (Å²) < 4.78 is 0. The van der Waals surface area contributed by atoms with Crippen LogP contribution in [0.5, 0.6) is 0 Å². The van der Waals surface area contributed by atoms with Gasteiger partial charge in [-0.2, -0.15) is 0 Å². The van der Waals surface area contributed by atoms with Crippen molar-refractivity contribution in [3.8, 4) is 0 Å². The molecule has 1 rings (SSSR count). The van der Waals surface area contributed by atoms with Crippen molar-refractivity contribution in [2.75, 3.05) is 19.7 Å². The molecule has 0 saturated heterocycles. The molecule has 3 heteroatoms. The lowest BCUT2D eigenvalue weighted by Crippen LogP contribution is -2.35. The van der Waals surface area contributed by atoms with Crippen molar-refractivity contribution >= 4 is 5.78 Å². The summed E-state index contributed by atoms with van der Waals surface area (Å²) in [4.78, 5) is 14.3. The molecule has 0 saturated carbocycles. The first-order valence-electron chi connectivity index (χ1n) is 6.90. The van der Waals surface area contributed by atoms with Crippen LogP contribution in [-0.2, 0) is 0 Å². The lowest BCUT2D eigenvalue weighted by Gasteiger charge is -2.25. The Labute approximate surface area is 116 Å². The molecule has 1 aromatic rings. The van der Waals surface area contributed by atoms with Gasteiger partial charge >= 0.3 is 0 Å². The minimum atomic E-state index is 0.135. The van der Waals surface area contributed by atoms with Crippen molar-refractivity contribution in [3.05, 3.63) is 34.9 Å². The molecule has 1 N–H and O–H groups in total. The van der Waals surface area contributed by atoms with Gasteiger partial charge in [-0.3, -0.25) is 9.69 Å². The highest BCUT2D eigenvalue weighted by Crippen LogP contribution is 2.12. The van der Waals surface area contributed by atoms with Crippen LogP contribution in [0.4, 0.5) is 0 Å². The smallest absolute Gasteiger partial charge is 0.164 e. The van der Waals surface area contributed by atoms with Crippen molar-refractivity contribution < 1.29 is 9.90 Å². The summed E-state index contributed by atoms with van der Waals surface area (Å²) >= 11 is 0. The van der Waals surface area contributed by atoms with Crippen LogP contribution in [0, 0.1) is 13.8 Å². The van der Waals surface area contributed by atoms with Gasteiger partial charge in [-0.05, 0) is 39.8 Å². The molecule has 0 amide bonds. The van der Waals surface area contributed by atoms with Crippen molar-refractivity contribution in [2.24, 2.45) is 0 Å². The zero-order valence-corrected chi connectivity index (χ0v) is 12.4. The number of rotatable bonds is 7. The van der Waals surface area contributed by atoms with Gasteiger partial charge in [0.1, 0.15) is 0 Å². The Morgan fingerprint density at radius 1 is 1.16 bits per heavy atom. The quantitative estimate of drug-likeness (QED) is 0.769. The number of benzene rings is 1. The molecule has 0 atom stereocenters. The normalized spacial score (nSPS) is 11.3. The Balaban J connectivity index is 2.63. The average molecular weight is 263 g/mol. The average Bonchev–Trinajstić information content (AvgIpc) is 2.32. The number of hydrogen-bond acceptors (Lipinski definition) is 3. The fourth-order valence-corrected chi connectivity index (χ4v) is 2.28. The molecule has 0 unspecified atom stereocenters. The minimum Gasteiger partial charge on any atom is -0.395 e. The SMILES string of the molecule is Cc1cc(C)cc(C(=O)CCN(CCO)C(C)C)c1. The summed E-state index contributed by atoms with van der Waals surface area (Å²) in [6, 6.07) is 6.31. The number of aliphatic hydroxyl groups excluding tert-OH is 1. The van der Waals surface area contributed by atoms with Crippen LogP contribution >= 0.6 is 0 Å². The fourth-order valence-electron chi connectivity index (χ4n) is 2.28. The van der Waals surface area contributed by atoms with E-state index >= 15 is 0 Å². The highest BCUT2D eigenvalue weighted by molar-refractivity contribution is 5.96. The number of hydrogen-bond donors (Lipinski definition) is 1. The summed E-state index contributed by atoms with van der Waals surface area (Å²) in [5, 5.41) is 9.01. The molecule has 0 aliphatic rings. The van der Waals surface area contributed by atoms with Gasteiger partial charge in [0.2, 0.25) is 0 Å². The van der Waals surface area contributed by atoms with E-state index in [0.29, 0.717) is 25.6 Å². The molecule has 0 fully saturated rings. The molecular formula is C16H25NO2. The number of Topliss-reactive ketones (excluding diaryl/α,β-unsaturated/α-hetero) is 1. The van der Waals surface area contributed by atoms with Gasteiger partial charge in [-0.1, -0.05) is 17.2 Å². The second-order valence-electron chi connectivity index (χ2n) is 5.40. The van der Waals surface area contributed by atoms with Gasteiger partial charge in [0, 0.05) is 31.1 Å². The first kappa shape index (κ1) is 15.9. The van der Waals surface area contributed by atoms with Crippen LogP contribution in [0.2, 0.25) is 0 Å². The van der Waals surface area contributed by atoms with Crippen molar-refractivity contribution in [2.45, 2.75) is 40.2 Å². The predicted molar refractivity (Wildman–Crippen MR) is 78.7 cm³/mol. The standard InChI is InChI=1S/C16H25NO2/c1-12(2)17(7-8-18)6-5-16(19)15-10-13(3)9-14(4)11-15/h9-12,18H,5-8H2,1-4H3. The predicted octanol–water partition coefficient (Wildman–Crippen LogP) is 2.58.